The minimum Gasteiger partial charge on any atom is -0.480 e. The van der Waals surface area contributed by atoms with Crippen LogP contribution in [0.4, 0.5) is 10.1 Å². The van der Waals surface area contributed by atoms with Crippen LogP contribution < -0.4 is 10.6 Å². The van der Waals surface area contributed by atoms with Crippen LogP contribution in [0.15, 0.2) is 48.5 Å². The minimum atomic E-state index is -1.22. The smallest absolute Gasteiger partial charge is 0.326 e. The van der Waals surface area contributed by atoms with E-state index in [9.17, 15) is 23.9 Å². The zero-order valence-corrected chi connectivity index (χ0v) is 13.5. The van der Waals surface area contributed by atoms with E-state index in [1.54, 1.807) is 18.2 Å². The molecule has 7 heteroatoms. The zero-order chi connectivity index (χ0) is 18.4. The maximum Gasteiger partial charge on any atom is 0.326 e. The molecule has 25 heavy (non-hydrogen) atoms. The van der Waals surface area contributed by atoms with E-state index in [2.05, 4.69) is 10.6 Å². The SMILES string of the molecule is CC(=O)Nc1ccc(C(=O)N[C@@H](Cc2cccc(F)c2)C(=O)O)cc1. The number of carbonyl (C=O) groups is 3. The average Bonchev–Trinajstić information content (AvgIpc) is 2.54. The zero-order valence-electron chi connectivity index (χ0n) is 13.5. The molecule has 1 atom stereocenters. The number of hydrogen-bond acceptors (Lipinski definition) is 3. The number of benzene rings is 2. The third-order valence-corrected chi connectivity index (χ3v) is 3.40. The molecule has 0 aliphatic carbocycles. The van der Waals surface area contributed by atoms with Crippen molar-refractivity contribution in [2.45, 2.75) is 19.4 Å². The first-order chi connectivity index (χ1) is 11.8. The van der Waals surface area contributed by atoms with Gasteiger partial charge in [0.25, 0.3) is 5.91 Å². The fourth-order valence-electron chi connectivity index (χ4n) is 2.25. The molecule has 0 bridgehead atoms. The first-order valence-electron chi connectivity index (χ1n) is 7.51. The Morgan fingerprint density at radius 1 is 1.12 bits per heavy atom. The summed E-state index contributed by atoms with van der Waals surface area (Å²) in [6.45, 7) is 1.37. The summed E-state index contributed by atoms with van der Waals surface area (Å²) in [6.07, 6.45) is -0.0389. The first kappa shape index (κ1) is 18.1. The van der Waals surface area contributed by atoms with Crippen LogP contribution in [0.2, 0.25) is 0 Å². The van der Waals surface area contributed by atoms with Gasteiger partial charge in [0.15, 0.2) is 0 Å². The summed E-state index contributed by atoms with van der Waals surface area (Å²) in [6, 6.07) is 10.4. The molecule has 0 fully saturated rings. The molecule has 130 valence electrons. The Kier molecular flexibility index (Phi) is 5.84. The van der Waals surface area contributed by atoms with Crippen LogP contribution in [-0.2, 0) is 16.0 Å². The minimum absolute atomic E-state index is 0.0389. The lowest BCUT2D eigenvalue weighted by Gasteiger charge is -2.15. The number of hydrogen-bond donors (Lipinski definition) is 3. The number of rotatable bonds is 6. The van der Waals surface area contributed by atoms with Crippen LogP contribution >= 0.6 is 0 Å². The van der Waals surface area contributed by atoms with E-state index in [0.29, 0.717) is 11.3 Å². The number of carboxylic acids is 1. The second-order valence-electron chi connectivity index (χ2n) is 5.46. The van der Waals surface area contributed by atoms with Gasteiger partial charge in [-0.1, -0.05) is 12.1 Å². The van der Waals surface area contributed by atoms with E-state index in [1.165, 1.54) is 37.3 Å². The van der Waals surface area contributed by atoms with E-state index >= 15 is 0 Å². The van der Waals surface area contributed by atoms with Gasteiger partial charge in [0.2, 0.25) is 5.91 Å². The van der Waals surface area contributed by atoms with Gasteiger partial charge in [-0.15, -0.1) is 0 Å². The molecule has 0 radical (unpaired) electrons. The molecule has 3 N–H and O–H groups in total. The molecule has 6 nitrogen and oxygen atoms in total. The van der Waals surface area contributed by atoms with E-state index in [0.717, 1.165) is 0 Å². The summed E-state index contributed by atoms with van der Waals surface area (Å²) in [5.41, 5.74) is 1.24. The maximum absolute atomic E-state index is 13.2. The van der Waals surface area contributed by atoms with Crippen molar-refractivity contribution in [2.24, 2.45) is 0 Å². The molecule has 0 aliphatic heterocycles. The predicted molar refractivity (Wildman–Crippen MR) is 89.7 cm³/mol. The molecule has 0 aliphatic rings. The van der Waals surface area contributed by atoms with Crippen molar-refractivity contribution in [3.8, 4) is 0 Å². The lowest BCUT2D eigenvalue weighted by molar-refractivity contribution is -0.139. The second-order valence-corrected chi connectivity index (χ2v) is 5.46. The van der Waals surface area contributed by atoms with Gasteiger partial charge in [0.05, 0.1) is 0 Å². The molecule has 0 heterocycles. The topological polar surface area (TPSA) is 95.5 Å². The Balaban J connectivity index is 2.07. The van der Waals surface area contributed by atoms with E-state index < -0.39 is 23.7 Å². The lowest BCUT2D eigenvalue weighted by Crippen LogP contribution is -2.42. The number of nitrogens with one attached hydrogen (secondary N) is 2. The third kappa shape index (κ3) is 5.42. The molecule has 0 spiro atoms. The molecule has 0 saturated heterocycles. The van der Waals surface area contributed by atoms with Gasteiger partial charge in [0, 0.05) is 24.6 Å². The maximum atomic E-state index is 13.2. The molecule has 2 rings (SSSR count). The van der Waals surface area contributed by atoms with Crippen LogP contribution in [0.1, 0.15) is 22.8 Å². The van der Waals surface area contributed by atoms with Gasteiger partial charge >= 0.3 is 5.97 Å². The van der Waals surface area contributed by atoms with Crippen molar-refractivity contribution in [3.63, 3.8) is 0 Å². The molecule has 0 unspecified atom stereocenters. The summed E-state index contributed by atoms with van der Waals surface area (Å²) < 4.78 is 13.2. The Labute approximate surface area is 143 Å². The summed E-state index contributed by atoms with van der Waals surface area (Å²) in [4.78, 5) is 34.6. The predicted octanol–water partition coefficient (Wildman–Crippen LogP) is 2.21. The van der Waals surface area contributed by atoms with Gasteiger partial charge in [-0.05, 0) is 42.0 Å². The number of amides is 2. The van der Waals surface area contributed by atoms with Gasteiger partial charge in [-0.3, -0.25) is 9.59 Å². The number of carbonyl (C=O) groups excluding carboxylic acids is 2. The highest BCUT2D eigenvalue weighted by molar-refractivity contribution is 5.97. The van der Waals surface area contributed by atoms with Gasteiger partial charge in [0.1, 0.15) is 11.9 Å². The average molecular weight is 344 g/mol. The number of anilines is 1. The van der Waals surface area contributed by atoms with Crippen LogP contribution in [0.25, 0.3) is 0 Å². The summed E-state index contributed by atoms with van der Waals surface area (Å²) >= 11 is 0. The van der Waals surface area contributed by atoms with Crippen molar-refractivity contribution < 1.29 is 23.9 Å². The summed E-state index contributed by atoms with van der Waals surface area (Å²) in [7, 11) is 0. The van der Waals surface area contributed by atoms with Gasteiger partial charge < -0.3 is 15.7 Å². The van der Waals surface area contributed by atoms with E-state index in [-0.39, 0.29) is 17.9 Å². The molecule has 0 saturated carbocycles. The Bertz CT molecular complexity index is 790. The number of halogens is 1. The van der Waals surface area contributed by atoms with Crippen molar-refractivity contribution in [1.82, 2.24) is 5.32 Å². The van der Waals surface area contributed by atoms with Crippen LogP contribution in [-0.4, -0.2) is 28.9 Å². The highest BCUT2D eigenvalue weighted by Gasteiger charge is 2.21. The highest BCUT2D eigenvalue weighted by Crippen LogP contribution is 2.11. The van der Waals surface area contributed by atoms with Crippen LogP contribution in [0, 0.1) is 5.82 Å². The van der Waals surface area contributed by atoms with Crippen molar-refractivity contribution in [3.05, 3.63) is 65.5 Å². The highest BCUT2D eigenvalue weighted by atomic mass is 19.1. The number of carboxylic acid groups (broad SMARTS) is 1. The monoisotopic (exact) mass is 344 g/mol. The van der Waals surface area contributed by atoms with E-state index in [1.807, 2.05) is 0 Å². The Hall–Kier alpha value is -3.22. The third-order valence-electron chi connectivity index (χ3n) is 3.40. The van der Waals surface area contributed by atoms with Crippen molar-refractivity contribution in [1.29, 1.82) is 0 Å². The van der Waals surface area contributed by atoms with Crippen LogP contribution in [0.3, 0.4) is 0 Å². The van der Waals surface area contributed by atoms with E-state index in [4.69, 9.17) is 0 Å². The largest absolute Gasteiger partial charge is 0.480 e. The molecule has 0 aromatic heterocycles. The van der Waals surface area contributed by atoms with Crippen LogP contribution in [0.5, 0.6) is 0 Å². The molecule has 2 aromatic carbocycles. The standard InChI is InChI=1S/C18H17FN2O4/c1-11(22)20-15-7-5-13(6-8-15)17(23)21-16(18(24)25)10-12-3-2-4-14(19)9-12/h2-9,16H,10H2,1H3,(H,20,22)(H,21,23)(H,24,25)/t16-/m0/s1. The van der Waals surface area contributed by atoms with Gasteiger partial charge in [-0.2, -0.15) is 0 Å². The normalized spacial score (nSPS) is 11.4. The first-order valence-corrected chi connectivity index (χ1v) is 7.51. The molecule has 2 amide bonds. The number of aliphatic carboxylic acids is 1. The molecular formula is C18H17FN2O4. The fraction of sp³-hybridized carbons (Fsp3) is 0.167. The summed E-state index contributed by atoms with van der Waals surface area (Å²) in [5.74, 6) is -2.49. The molecular weight excluding hydrogens is 327 g/mol. The van der Waals surface area contributed by atoms with Gasteiger partial charge in [-0.25, -0.2) is 9.18 Å². The Morgan fingerprint density at radius 3 is 2.36 bits per heavy atom. The Morgan fingerprint density at radius 2 is 1.80 bits per heavy atom. The fourth-order valence-corrected chi connectivity index (χ4v) is 2.25. The quantitative estimate of drug-likeness (QED) is 0.749. The van der Waals surface area contributed by atoms with Crippen molar-refractivity contribution >= 4 is 23.5 Å². The lowest BCUT2D eigenvalue weighted by atomic mass is 10.1. The second kappa shape index (κ2) is 8.05. The van der Waals surface area contributed by atoms with Crippen molar-refractivity contribution in [2.75, 3.05) is 5.32 Å². The summed E-state index contributed by atoms with van der Waals surface area (Å²) in [5, 5.41) is 14.3. The molecule has 2 aromatic rings.